The van der Waals surface area contributed by atoms with Crippen LogP contribution in [0.15, 0.2) is 60.7 Å². The van der Waals surface area contributed by atoms with Gasteiger partial charge in [0.1, 0.15) is 17.9 Å². The molecule has 0 spiro atoms. The van der Waals surface area contributed by atoms with Gasteiger partial charge >= 0.3 is 5.97 Å². The van der Waals surface area contributed by atoms with E-state index in [4.69, 9.17) is 15.3 Å². The minimum Gasteiger partial charge on any atom is -0.423 e. The maximum Gasteiger partial charge on any atom is 0.343 e. The fraction of sp³-hybridized carbons (Fsp3) is 0. The van der Waals surface area contributed by atoms with E-state index in [0.717, 1.165) is 10.8 Å². The Morgan fingerprint density at radius 2 is 1.48 bits per heavy atom. The molecule has 0 bridgehead atoms. The highest BCUT2D eigenvalue weighted by Crippen LogP contribution is 2.24. The van der Waals surface area contributed by atoms with Crippen molar-refractivity contribution in [1.29, 1.82) is 10.5 Å². The van der Waals surface area contributed by atoms with Gasteiger partial charge in [-0.25, -0.2) is 4.79 Å². The predicted octanol–water partition coefficient (Wildman–Crippen LogP) is 3.80. The van der Waals surface area contributed by atoms with Crippen molar-refractivity contribution >= 4 is 16.7 Å². The van der Waals surface area contributed by atoms with E-state index in [1.54, 1.807) is 54.6 Å². The van der Waals surface area contributed by atoms with Crippen molar-refractivity contribution in [2.45, 2.75) is 0 Å². The molecule has 108 valence electrons. The van der Waals surface area contributed by atoms with Crippen LogP contribution in [0.5, 0.6) is 5.75 Å². The first kappa shape index (κ1) is 14.3. The van der Waals surface area contributed by atoms with Gasteiger partial charge in [0.2, 0.25) is 0 Å². The molecule has 3 rings (SSSR count). The fourth-order valence-electron chi connectivity index (χ4n) is 2.26. The largest absolute Gasteiger partial charge is 0.423 e. The molecule has 0 aromatic heterocycles. The number of carbonyl (C=O) groups excluding carboxylic acids is 1. The summed E-state index contributed by atoms with van der Waals surface area (Å²) in [6.45, 7) is 0. The molecular formula is C19H10N2O2. The van der Waals surface area contributed by atoms with Crippen LogP contribution in [0.4, 0.5) is 0 Å². The molecule has 0 saturated heterocycles. The second-order valence-corrected chi connectivity index (χ2v) is 4.89. The van der Waals surface area contributed by atoms with Crippen LogP contribution in [0.25, 0.3) is 10.8 Å². The Balaban J connectivity index is 1.96. The number of benzene rings is 3. The second kappa shape index (κ2) is 6.01. The van der Waals surface area contributed by atoms with Crippen molar-refractivity contribution in [3.63, 3.8) is 0 Å². The van der Waals surface area contributed by atoms with Gasteiger partial charge in [-0.05, 0) is 47.2 Å². The minimum absolute atomic E-state index is 0.298. The number of nitriles is 2. The van der Waals surface area contributed by atoms with Gasteiger partial charge < -0.3 is 4.74 Å². The van der Waals surface area contributed by atoms with Crippen LogP contribution in [-0.2, 0) is 0 Å². The summed E-state index contributed by atoms with van der Waals surface area (Å²) in [5.41, 5.74) is 1.09. The first-order valence-electron chi connectivity index (χ1n) is 6.86. The van der Waals surface area contributed by atoms with E-state index in [9.17, 15) is 4.79 Å². The van der Waals surface area contributed by atoms with Gasteiger partial charge in [-0.15, -0.1) is 0 Å². The molecule has 0 aliphatic heterocycles. The van der Waals surface area contributed by atoms with E-state index in [1.807, 2.05) is 18.2 Å². The van der Waals surface area contributed by atoms with Crippen molar-refractivity contribution in [3.8, 4) is 17.9 Å². The summed E-state index contributed by atoms with van der Waals surface area (Å²) < 4.78 is 5.35. The standard InChI is InChI=1S/C19H10N2O2/c20-11-16-8-14-6-7-18(10-15(14)9-17(16)12-21)23-19(22)13-4-2-1-3-5-13/h1-10H. The van der Waals surface area contributed by atoms with E-state index >= 15 is 0 Å². The molecule has 3 aromatic rings. The lowest BCUT2D eigenvalue weighted by atomic mass is 10.0. The highest BCUT2D eigenvalue weighted by Gasteiger charge is 2.09. The first-order valence-corrected chi connectivity index (χ1v) is 6.86. The zero-order chi connectivity index (χ0) is 16.2. The van der Waals surface area contributed by atoms with E-state index < -0.39 is 5.97 Å². The molecule has 0 N–H and O–H groups in total. The molecule has 0 atom stereocenters. The Bertz CT molecular complexity index is 980. The maximum absolute atomic E-state index is 12.1. The molecule has 4 nitrogen and oxygen atoms in total. The number of fused-ring (bicyclic) bond motifs is 1. The van der Waals surface area contributed by atoms with E-state index in [0.29, 0.717) is 22.4 Å². The van der Waals surface area contributed by atoms with Gasteiger partial charge in [0.15, 0.2) is 0 Å². The number of hydrogen-bond acceptors (Lipinski definition) is 4. The van der Waals surface area contributed by atoms with Crippen molar-refractivity contribution in [1.82, 2.24) is 0 Å². The molecule has 0 aliphatic rings. The molecule has 0 fully saturated rings. The van der Waals surface area contributed by atoms with E-state index in [2.05, 4.69) is 0 Å². The quantitative estimate of drug-likeness (QED) is 0.532. The SMILES string of the molecule is N#Cc1cc2ccc(OC(=O)c3ccccc3)cc2cc1C#N. The number of hydrogen-bond donors (Lipinski definition) is 0. The predicted molar refractivity (Wildman–Crippen MR) is 84.8 cm³/mol. The Labute approximate surface area is 132 Å². The maximum atomic E-state index is 12.1. The average molecular weight is 298 g/mol. The van der Waals surface area contributed by atoms with Gasteiger partial charge in [-0.2, -0.15) is 10.5 Å². The van der Waals surface area contributed by atoms with Crippen LogP contribution in [0.2, 0.25) is 0 Å². The molecule has 0 unspecified atom stereocenters. The Morgan fingerprint density at radius 1 is 0.826 bits per heavy atom. The molecule has 3 aromatic carbocycles. The normalized spacial score (nSPS) is 9.83. The average Bonchev–Trinajstić information content (AvgIpc) is 2.61. The van der Waals surface area contributed by atoms with Crippen molar-refractivity contribution in [2.75, 3.05) is 0 Å². The Hall–Kier alpha value is -3.63. The summed E-state index contributed by atoms with van der Waals surface area (Å²) in [5, 5.41) is 19.7. The number of carbonyl (C=O) groups is 1. The van der Waals surface area contributed by atoms with Crippen LogP contribution >= 0.6 is 0 Å². The summed E-state index contributed by atoms with van der Waals surface area (Å²) in [7, 11) is 0. The second-order valence-electron chi connectivity index (χ2n) is 4.89. The lowest BCUT2D eigenvalue weighted by molar-refractivity contribution is 0.0735. The van der Waals surface area contributed by atoms with Gasteiger partial charge in [0.05, 0.1) is 16.7 Å². The molecule has 0 aliphatic carbocycles. The Kier molecular flexibility index (Phi) is 3.74. The molecule has 23 heavy (non-hydrogen) atoms. The number of esters is 1. The third-order valence-corrected chi connectivity index (χ3v) is 3.41. The highest BCUT2D eigenvalue weighted by molar-refractivity contribution is 5.92. The summed E-state index contributed by atoms with van der Waals surface area (Å²) >= 11 is 0. The monoisotopic (exact) mass is 298 g/mol. The molecule has 4 heteroatoms. The third kappa shape index (κ3) is 2.88. The van der Waals surface area contributed by atoms with Crippen molar-refractivity contribution in [3.05, 3.63) is 77.4 Å². The number of rotatable bonds is 2. The van der Waals surface area contributed by atoms with Gasteiger partial charge in [0.25, 0.3) is 0 Å². The topological polar surface area (TPSA) is 73.9 Å². The van der Waals surface area contributed by atoms with Crippen LogP contribution in [-0.4, -0.2) is 5.97 Å². The fourth-order valence-corrected chi connectivity index (χ4v) is 2.26. The molecular weight excluding hydrogens is 288 g/mol. The zero-order valence-corrected chi connectivity index (χ0v) is 12.0. The van der Waals surface area contributed by atoms with E-state index in [1.165, 1.54) is 0 Å². The minimum atomic E-state index is -0.445. The summed E-state index contributed by atoms with van der Waals surface area (Å²) in [6.07, 6.45) is 0. The lowest BCUT2D eigenvalue weighted by Crippen LogP contribution is -2.07. The first-order chi connectivity index (χ1) is 11.2. The van der Waals surface area contributed by atoms with E-state index in [-0.39, 0.29) is 0 Å². The zero-order valence-electron chi connectivity index (χ0n) is 12.0. The van der Waals surface area contributed by atoms with Crippen LogP contribution < -0.4 is 4.74 Å². The summed E-state index contributed by atoms with van der Waals surface area (Å²) in [6, 6.07) is 21.1. The summed E-state index contributed by atoms with van der Waals surface area (Å²) in [4.78, 5) is 12.1. The van der Waals surface area contributed by atoms with Gasteiger partial charge in [-0.3, -0.25) is 0 Å². The molecule has 0 heterocycles. The molecule has 0 amide bonds. The van der Waals surface area contributed by atoms with Crippen molar-refractivity contribution < 1.29 is 9.53 Å². The van der Waals surface area contributed by atoms with Crippen molar-refractivity contribution in [2.24, 2.45) is 0 Å². The molecule has 0 saturated carbocycles. The number of nitrogens with zero attached hydrogens (tertiary/aromatic N) is 2. The van der Waals surface area contributed by atoms with Crippen LogP contribution in [0.3, 0.4) is 0 Å². The Morgan fingerprint density at radius 3 is 2.13 bits per heavy atom. The summed E-state index contributed by atoms with van der Waals surface area (Å²) in [5.74, 6) is -0.0564. The molecule has 0 radical (unpaired) electrons. The smallest absolute Gasteiger partial charge is 0.343 e. The van der Waals surface area contributed by atoms with Crippen LogP contribution in [0, 0.1) is 22.7 Å². The highest BCUT2D eigenvalue weighted by atomic mass is 16.5. The number of ether oxygens (including phenoxy) is 1. The lowest BCUT2D eigenvalue weighted by Gasteiger charge is -2.06. The van der Waals surface area contributed by atoms with Crippen LogP contribution in [0.1, 0.15) is 21.5 Å². The van der Waals surface area contributed by atoms with Gasteiger partial charge in [-0.1, -0.05) is 24.3 Å². The third-order valence-electron chi connectivity index (χ3n) is 3.41. The van der Waals surface area contributed by atoms with Gasteiger partial charge in [0, 0.05) is 0 Å².